The first-order valence-electron chi connectivity index (χ1n) is 9.26. The van der Waals surface area contributed by atoms with Gasteiger partial charge < -0.3 is 26.2 Å². The van der Waals surface area contributed by atoms with Crippen LogP contribution < -0.4 is 21.1 Å². The second kappa shape index (κ2) is 10.9. The van der Waals surface area contributed by atoms with Crippen molar-refractivity contribution in [2.75, 3.05) is 11.9 Å². The summed E-state index contributed by atoms with van der Waals surface area (Å²) in [6.45, 7) is 2.98. The van der Waals surface area contributed by atoms with Crippen molar-refractivity contribution in [3.05, 3.63) is 59.7 Å². The Kier molecular flexibility index (Phi) is 8.30. The van der Waals surface area contributed by atoms with E-state index in [1.807, 2.05) is 31.2 Å². The zero-order valence-electron chi connectivity index (χ0n) is 16.0. The topological polar surface area (TPSA) is 114 Å². The monoisotopic (exact) mass is 385 g/mol. The summed E-state index contributed by atoms with van der Waals surface area (Å²) in [5.41, 5.74) is 8.22. The number of nitrogens with one attached hydrogen (secondary N) is 2. The third kappa shape index (κ3) is 7.28. The van der Waals surface area contributed by atoms with Gasteiger partial charge in [0, 0.05) is 5.69 Å². The van der Waals surface area contributed by atoms with Crippen LogP contribution in [0, 0.1) is 6.92 Å². The van der Waals surface area contributed by atoms with Crippen molar-refractivity contribution in [3.8, 4) is 5.75 Å². The van der Waals surface area contributed by atoms with Crippen LogP contribution in [-0.4, -0.2) is 29.7 Å². The summed E-state index contributed by atoms with van der Waals surface area (Å²) in [5.74, 6) is -0.385. The molecule has 0 saturated heterocycles. The van der Waals surface area contributed by atoms with Gasteiger partial charge in [-0.15, -0.1) is 0 Å². The van der Waals surface area contributed by atoms with E-state index < -0.39 is 18.0 Å². The van der Waals surface area contributed by atoms with E-state index in [0.29, 0.717) is 37.4 Å². The van der Waals surface area contributed by atoms with Crippen molar-refractivity contribution in [3.63, 3.8) is 0 Å². The minimum Gasteiger partial charge on any atom is -0.489 e. The van der Waals surface area contributed by atoms with Crippen LogP contribution in [-0.2, 0) is 11.4 Å². The fourth-order valence-electron chi connectivity index (χ4n) is 2.56. The molecule has 0 fully saturated rings. The molecule has 0 bridgehead atoms. The Bertz CT molecular complexity index is 760. The number of nitrogens with two attached hydrogens (primary N) is 1. The van der Waals surface area contributed by atoms with E-state index in [1.54, 1.807) is 24.3 Å². The first-order chi connectivity index (χ1) is 13.5. The summed E-state index contributed by atoms with van der Waals surface area (Å²) in [7, 11) is 0. The standard InChI is InChI=1S/C21H27N3O4/c1-15-5-7-16(8-6-15)14-28-18-11-9-17(10-12-18)23-21(27)24-19(20(25)26)4-2-3-13-22/h5-12,19H,2-4,13-14,22H2,1H3,(H,25,26)(H2,23,24,27). The maximum atomic E-state index is 12.0. The van der Waals surface area contributed by atoms with Crippen LogP contribution in [0.4, 0.5) is 10.5 Å². The Morgan fingerprint density at radius 1 is 1.07 bits per heavy atom. The third-order valence-corrected chi connectivity index (χ3v) is 4.19. The molecule has 5 N–H and O–H groups in total. The second-order valence-corrected chi connectivity index (χ2v) is 6.57. The number of urea groups is 1. The molecule has 0 aliphatic rings. The molecular formula is C21H27N3O4. The molecule has 1 atom stereocenters. The van der Waals surface area contributed by atoms with Crippen molar-refractivity contribution in [2.45, 2.75) is 38.8 Å². The Labute approximate surface area is 164 Å². The highest BCUT2D eigenvalue weighted by Gasteiger charge is 2.19. The van der Waals surface area contributed by atoms with Gasteiger partial charge in [-0.3, -0.25) is 0 Å². The van der Waals surface area contributed by atoms with Crippen molar-refractivity contribution >= 4 is 17.7 Å². The number of rotatable bonds is 10. The number of hydrogen-bond donors (Lipinski definition) is 4. The lowest BCUT2D eigenvalue weighted by molar-refractivity contribution is -0.139. The molecule has 2 aromatic carbocycles. The highest BCUT2D eigenvalue weighted by Crippen LogP contribution is 2.17. The fourth-order valence-corrected chi connectivity index (χ4v) is 2.56. The molecular weight excluding hydrogens is 358 g/mol. The molecule has 2 amide bonds. The Balaban J connectivity index is 1.82. The number of carbonyl (C=O) groups is 2. The number of ether oxygens (including phenoxy) is 1. The quantitative estimate of drug-likeness (QED) is 0.469. The van der Waals surface area contributed by atoms with Gasteiger partial charge in [-0.2, -0.15) is 0 Å². The molecule has 0 aliphatic carbocycles. The van der Waals surface area contributed by atoms with Gasteiger partial charge in [-0.05, 0) is 62.6 Å². The molecule has 0 aliphatic heterocycles. The highest BCUT2D eigenvalue weighted by molar-refractivity contribution is 5.92. The van der Waals surface area contributed by atoms with Gasteiger partial charge in [0.15, 0.2) is 0 Å². The minimum absolute atomic E-state index is 0.339. The maximum Gasteiger partial charge on any atom is 0.326 e. The summed E-state index contributed by atoms with van der Waals surface area (Å²) in [4.78, 5) is 23.3. The van der Waals surface area contributed by atoms with Gasteiger partial charge >= 0.3 is 12.0 Å². The summed E-state index contributed by atoms with van der Waals surface area (Å²) in [6, 6.07) is 13.5. The van der Waals surface area contributed by atoms with Gasteiger partial charge in [0.25, 0.3) is 0 Å². The first-order valence-corrected chi connectivity index (χ1v) is 9.26. The molecule has 2 rings (SSSR count). The number of unbranched alkanes of at least 4 members (excludes halogenated alkanes) is 1. The van der Waals surface area contributed by atoms with Crippen molar-refractivity contribution in [1.82, 2.24) is 5.32 Å². The average Bonchev–Trinajstić information content (AvgIpc) is 2.68. The number of carboxylic acid groups (broad SMARTS) is 1. The Morgan fingerprint density at radius 3 is 2.36 bits per heavy atom. The van der Waals surface area contributed by atoms with Crippen LogP contribution in [0.25, 0.3) is 0 Å². The summed E-state index contributed by atoms with van der Waals surface area (Å²) in [6.07, 6.45) is 1.70. The van der Waals surface area contributed by atoms with E-state index in [0.717, 1.165) is 12.0 Å². The Hall–Kier alpha value is -3.06. The van der Waals surface area contributed by atoms with E-state index in [2.05, 4.69) is 10.6 Å². The summed E-state index contributed by atoms with van der Waals surface area (Å²) < 4.78 is 5.73. The number of anilines is 1. The minimum atomic E-state index is -1.06. The second-order valence-electron chi connectivity index (χ2n) is 6.57. The molecule has 0 heterocycles. The third-order valence-electron chi connectivity index (χ3n) is 4.19. The lowest BCUT2D eigenvalue weighted by Gasteiger charge is -2.15. The van der Waals surface area contributed by atoms with Crippen LogP contribution in [0.5, 0.6) is 5.75 Å². The van der Waals surface area contributed by atoms with Crippen LogP contribution in [0.1, 0.15) is 30.4 Å². The smallest absolute Gasteiger partial charge is 0.326 e. The average molecular weight is 385 g/mol. The molecule has 2 aromatic rings. The molecule has 7 heteroatoms. The molecule has 0 spiro atoms. The van der Waals surface area contributed by atoms with Gasteiger partial charge in [0.05, 0.1) is 0 Å². The zero-order valence-corrected chi connectivity index (χ0v) is 16.0. The Morgan fingerprint density at radius 2 is 1.75 bits per heavy atom. The molecule has 1 unspecified atom stereocenters. The molecule has 0 aromatic heterocycles. The van der Waals surface area contributed by atoms with Crippen LogP contribution in [0.2, 0.25) is 0 Å². The number of aliphatic carboxylic acids is 1. The first kappa shape index (κ1) is 21.2. The number of carbonyl (C=O) groups excluding carboxylic acids is 1. The van der Waals surface area contributed by atoms with Crippen LogP contribution >= 0.6 is 0 Å². The lowest BCUT2D eigenvalue weighted by Crippen LogP contribution is -2.43. The molecule has 7 nitrogen and oxygen atoms in total. The number of aryl methyl sites for hydroxylation is 1. The van der Waals surface area contributed by atoms with Crippen molar-refractivity contribution in [1.29, 1.82) is 0 Å². The lowest BCUT2D eigenvalue weighted by atomic mass is 10.1. The fraction of sp³-hybridized carbons (Fsp3) is 0.333. The number of hydrogen-bond acceptors (Lipinski definition) is 4. The van der Waals surface area contributed by atoms with E-state index in [1.165, 1.54) is 5.56 Å². The zero-order chi connectivity index (χ0) is 20.4. The van der Waals surface area contributed by atoms with Crippen LogP contribution in [0.15, 0.2) is 48.5 Å². The number of carboxylic acids is 1. The van der Waals surface area contributed by atoms with E-state index in [-0.39, 0.29) is 0 Å². The summed E-state index contributed by atoms with van der Waals surface area (Å²) in [5, 5.41) is 14.3. The SMILES string of the molecule is Cc1ccc(COc2ccc(NC(=O)NC(CCCCN)C(=O)O)cc2)cc1. The maximum absolute atomic E-state index is 12.0. The van der Waals surface area contributed by atoms with Gasteiger partial charge in [0.1, 0.15) is 18.4 Å². The highest BCUT2D eigenvalue weighted by atomic mass is 16.5. The molecule has 0 radical (unpaired) electrons. The predicted molar refractivity (Wildman–Crippen MR) is 108 cm³/mol. The molecule has 28 heavy (non-hydrogen) atoms. The van der Waals surface area contributed by atoms with Gasteiger partial charge in [-0.25, -0.2) is 9.59 Å². The number of amides is 2. The van der Waals surface area contributed by atoms with Crippen LogP contribution in [0.3, 0.4) is 0 Å². The van der Waals surface area contributed by atoms with E-state index in [9.17, 15) is 14.7 Å². The van der Waals surface area contributed by atoms with Gasteiger partial charge in [0.2, 0.25) is 0 Å². The number of benzene rings is 2. The van der Waals surface area contributed by atoms with Gasteiger partial charge in [-0.1, -0.05) is 29.8 Å². The van der Waals surface area contributed by atoms with Crippen molar-refractivity contribution in [2.24, 2.45) is 5.73 Å². The molecule has 0 saturated carbocycles. The van der Waals surface area contributed by atoms with Crippen molar-refractivity contribution < 1.29 is 19.4 Å². The predicted octanol–water partition coefficient (Wildman–Crippen LogP) is 3.28. The largest absolute Gasteiger partial charge is 0.489 e. The summed E-state index contributed by atoms with van der Waals surface area (Å²) >= 11 is 0. The van der Waals surface area contributed by atoms with E-state index in [4.69, 9.17) is 10.5 Å². The molecule has 150 valence electrons. The normalized spacial score (nSPS) is 11.5. The van der Waals surface area contributed by atoms with E-state index >= 15 is 0 Å².